The van der Waals surface area contributed by atoms with E-state index in [0.29, 0.717) is 4.77 Å². The Bertz CT molecular complexity index is 786. The number of hydrogen-bond acceptors (Lipinski definition) is 1. The molecule has 0 radical (unpaired) electrons. The van der Waals surface area contributed by atoms with Gasteiger partial charge in [-0.05, 0) is 56.2 Å². The smallest absolute Gasteiger partial charge is 0.182 e. The van der Waals surface area contributed by atoms with E-state index in [2.05, 4.69) is 49.0 Å². The molecule has 0 unspecified atom stereocenters. The fourth-order valence-corrected chi connectivity index (χ4v) is 3.72. The van der Waals surface area contributed by atoms with Gasteiger partial charge in [-0.2, -0.15) is 0 Å². The second-order valence-electron chi connectivity index (χ2n) is 4.25. The third-order valence-electron chi connectivity index (χ3n) is 3.01. The van der Waals surface area contributed by atoms with Crippen LogP contribution in [0, 0.1) is 4.77 Å². The maximum atomic E-state index is 5.44. The summed E-state index contributed by atoms with van der Waals surface area (Å²) in [7, 11) is 0. The average molecular weight is 410 g/mol. The van der Waals surface area contributed by atoms with Crippen molar-refractivity contribution in [1.29, 1.82) is 0 Å². The van der Waals surface area contributed by atoms with Gasteiger partial charge in [0.05, 0.1) is 11.4 Å². The molecule has 0 fully saturated rings. The highest BCUT2D eigenvalue weighted by molar-refractivity contribution is 9.11. The minimum atomic E-state index is 0.663. The van der Waals surface area contributed by atoms with Crippen molar-refractivity contribution in [1.82, 2.24) is 9.55 Å². The molecule has 0 amide bonds. The molecule has 0 aliphatic carbocycles. The topological polar surface area (TPSA) is 20.7 Å². The van der Waals surface area contributed by atoms with Gasteiger partial charge in [0, 0.05) is 20.7 Å². The Morgan fingerprint density at radius 2 is 1.55 bits per heavy atom. The molecule has 1 N–H and O–H groups in total. The highest BCUT2D eigenvalue weighted by Crippen LogP contribution is 2.33. The zero-order chi connectivity index (χ0) is 14.1. The lowest BCUT2D eigenvalue weighted by atomic mass is 10.1. The maximum absolute atomic E-state index is 5.44. The zero-order valence-corrected chi connectivity index (χ0v) is 14.3. The SMILES string of the molecule is S=c1[nH]cc(-c2ccccc2)n1-c1c(Br)cccc1Br. The molecule has 2 nitrogen and oxygen atoms in total. The van der Waals surface area contributed by atoms with E-state index in [1.54, 1.807) is 0 Å². The highest BCUT2D eigenvalue weighted by Gasteiger charge is 2.13. The van der Waals surface area contributed by atoms with Gasteiger partial charge >= 0.3 is 0 Å². The number of imidazole rings is 1. The number of benzene rings is 2. The van der Waals surface area contributed by atoms with Crippen LogP contribution in [0.1, 0.15) is 0 Å². The summed E-state index contributed by atoms with van der Waals surface area (Å²) < 4.78 is 4.66. The van der Waals surface area contributed by atoms with Crippen LogP contribution in [-0.2, 0) is 0 Å². The molecule has 0 spiro atoms. The molecule has 0 atom stereocenters. The van der Waals surface area contributed by atoms with Crippen molar-refractivity contribution in [2.45, 2.75) is 0 Å². The number of aromatic nitrogens is 2. The number of halogens is 2. The van der Waals surface area contributed by atoms with Crippen molar-refractivity contribution < 1.29 is 0 Å². The van der Waals surface area contributed by atoms with E-state index in [4.69, 9.17) is 12.2 Å². The molecule has 0 saturated carbocycles. The van der Waals surface area contributed by atoms with Crippen LogP contribution < -0.4 is 0 Å². The van der Waals surface area contributed by atoms with Gasteiger partial charge in [0.15, 0.2) is 4.77 Å². The summed E-state index contributed by atoms with van der Waals surface area (Å²) >= 11 is 12.6. The van der Waals surface area contributed by atoms with Gasteiger partial charge in [0.1, 0.15) is 0 Å². The van der Waals surface area contributed by atoms with E-state index in [9.17, 15) is 0 Å². The van der Waals surface area contributed by atoms with E-state index in [0.717, 1.165) is 25.9 Å². The lowest BCUT2D eigenvalue weighted by Gasteiger charge is -2.12. The van der Waals surface area contributed by atoms with Crippen LogP contribution in [0.15, 0.2) is 63.7 Å². The van der Waals surface area contributed by atoms with Crippen molar-refractivity contribution in [3.63, 3.8) is 0 Å². The largest absolute Gasteiger partial charge is 0.336 e. The van der Waals surface area contributed by atoms with Gasteiger partial charge in [-0.1, -0.05) is 36.4 Å². The number of rotatable bonds is 2. The standard InChI is InChI=1S/C15H10Br2N2S/c16-11-7-4-8-12(17)14(11)19-13(9-18-15(19)20)10-5-2-1-3-6-10/h1-9H,(H,18,20). The molecule has 1 aromatic heterocycles. The van der Waals surface area contributed by atoms with Crippen LogP contribution in [0.3, 0.4) is 0 Å². The molecule has 3 rings (SSSR count). The van der Waals surface area contributed by atoms with Crippen LogP contribution >= 0.6 is 44.1 Å². The highest BCUT2D eigenvalue weighted by atomic mass is 79.9. The Labute approximate surface area is 138 Å². The second-order valence-corrected chi connectivity index (χ2v) is 6.35. The van der Waals surface area contributed by atoms with Gasteiger partial charge < -0.3 is 4.98 Å². The fourth-order valence-electron chi connectivity index (χ4n) is 2.11. The Morgan fingerprint density at radius 1 is 0.900 bits per heavy atom. The number of hydrogen-bond donors (Lipinski definition) is 1. The van der Waals surface area contributed by atoms with E-state index >= 15 is 0 Å². The van der Waals surface area contributed by atoms with E-state index in [1.807, 2.05) is 47.2 Å². The predicted molar refractivity (Wildman–Crippen MR) is 91.8 cm³/mol. The number of nitrogens with one attached hydrogen (secondary N) is 1. The predicted octanol–water partition coefficient (Wildman–Crippen LogP) is 5.73. The van der Waals surface area contributed by atoms with Gasteiger partial charge in [-0.25, -0.2) is 0 Å². The minimum absolute atomic E-state index is 0.663. The first-order valence-electron chi connectivity index (χ1n) is 5.98. The molecule has 2 aromatic carbocycles. The van der Waals surface area contributed by atoms with Crippen LogP contribution in [-0.4, -0.2) is 9.55 Å². The molecule has 0 saturated heterocycles. The molecule has 0 bridgehead atoms. The van der Waals surface area contributed by atoms with E-state index in [1.165, 1.54) is 0 Å². The van der Waals surface area contributed by atoms with Crippen LogP contribution in [0.25, 0.3) is 16.9 Å². The lowest BCUT2D eigenvalue weighted by Crippen LogP contribution is -1.99. The Hall–Kier alpha value is -1.17. The average Bonchev–Trinajstić information content (AvgIpc) is 2.82. The Morgan fingerprint density at radius 3 is 2.20 bits per heavy atom. The van der Waals surface area contributed by atoms with Gasteiger partial charge in [0.2, 0.25) is 0 Å². The van der Waals surface area contributed by atoms with Crippen molar-refractivity contribution in [3.8, 4) is 16.9 Å². The summed E-state index contributed by atoms with van der Waals surface area (Å²) in [4.78, 5) is 3.12. The van der Waals surface area contributed by atoms with Crippen molar-refractivity contribution in [2.24, 2.45) is 0 Å². The molecule has 0 aliphatic heterocycles. The third-order valence-corrected chi connectivity index (χ3v) is 4.59. The molecule has 1 heterocycles. The fraction of sp³-hybridized carbons (Fsp3) is 0. The lowest BCUT2D eigenvalue weighted by molar-refractivity contribution is 1.02. The van der Waals surface area contributed by atoms with Gasteiger partial charge in [-0.15, -0.1) is 0 Å². The van der Waals surface area contributed by atoms with Gasteiger partial charge in [-0.3, -0.25) is 4.57 Å². The van der Waals surface area contributed by atoms with Crippen molar-refractivity contribution in [2.75, 3.05) is 0 Å². The quantitative estimate of drug-likeness (QED) is 0.536. The molecular weight excluding hydrogens is 400 g/mol. The van der Waals surface area contributed by atoms with Crippen molar-refractivity contribution >= 4 is 44.1 Å². The van der Waals surface area contributed by atoms with Crippen LogP contribution in [0.5, 0.6) is 0 Å². The van der Waals surface area contributed by atoms with E-state index in [-0.39, 0.29) is 0 Å². The molecule has 5 heteroatoms. The van der Waals surface area contributed by atoms with Crippen LogP contribution in [0.2, 0.25) is 0 Å². The Kier molecular flexibility index (Phi) is 3.92. The minimum Gasteiger partial charge on any atom is -0.336 e. The second kappa shape index (κ2) is 5.68. The molecule has 3 aromatic rings. The number of aromatic amines is 1. The van der Waals surface area contributed by atoms with Gasteiger partial charge in [0.25, 0.3) is 0 Å². The summed E-state index contributed by atoms with van der Waals surface area (Å²) in [6.07, 6.45) is 1.93. The normalized spacial score (nSPS) is 10.7. The summed E-state index contributed by atoms with van der Waals surface area (Å²) in [6, 6.07) is 16.2. The zero-order valence-electron chi connectivity index (χ0n) is 10.3. The summed E-state index contributed by atoms with van der Waals surface area (Å²) in [6.45, 7) is 0. The first-order chi connectivity index (χ1) is 9.68. The van der Waals surface area contributed by atoms with E-state index < -0.39 is 0 Å². The first-order valence-corrected chi connectivity index (χ1v) is 7.98. The number of nitrogens with zero attached hydrogens (tertiary/aromatic N) is 1. The number of para-hydroxylation sites is 1. The monoisotopic (exact) mass is 408 g/mol. The summed E-state index contributed by atoms with van der Waals surface area (Å²) in [5.41, 5.74) is 3.14. The van der Waals surface area contributed by atoms with Crippen molar-refractivity contribution in [3.05, 3.63) is 68.4 Å². The first kappa shape index (κ1) is 13.8. The molecule has 20 heavy (non-hydrogen) atoms. The third kappa shape index (κ3) is 2.41. The molecule has 0 aliphatic rings. The number of H-pyrrole nitrogens is 1. The Balaban J connectivity index is 2.31. The van der Waals surface area contributed by atoms with Crippen LogP contribution in [0.4, 0.5) is 0 Å². The summed E-state index contributed by atoms with van der Waals surface area (Å²) in [5, 5.41) is 0. The maximum Gasteiger partial charge on any atom is 0.182 e. The molecule has 100 valence electrons. The summed E-state index contributed by atoms with van der Waals surface area (Å²) in [5.74, 6) is 0. The molecular formula is C15H10Br2N2S.